The fourth-order valence-corrected chi connectivity index (χ4v) is 3.96. The van der Waals surface area contributed by atoms with Crippen LogP contribution in [0.1, 0.15) is 84.1 Å². The summed E-state index contributed by atoms with van der Waals surface area (Å²) in [7, 11) is 0. The van der Waals surface area contributed by atoms with Gasteiger partial charge in [0.05, 0.1) is 0 Å². The molecule has 1 atom stereocenters. The smallest absolute Gasteiger partial charge is 0.293 e. The lowest BCUT2D eigenvalue weighted by molar-refractivity contribution is -0.129. The number of ether oxygens (including phenoxy) is 1. The van der Waals surface area contributed by atoms with Gasteiger partial charge in [-0.2, -0.15) is 0 Å². The van der Waals surface area contributed by atoms with Crippen molar-refractivity contribution in [3.05, 3.63) is 96.7 Å². The Morgan fingerprint density at radius 1 is 0.837 bits per heavy atom. The minimum Gasteiger partial charge on any atom is -0.508 e. The molecule has 1 aromatic carbocycles. The molecule has 0 heterocycles. The first kappa shape index (κ1) is 36.9. The van der Waals surface area contributed by atoms with Gasteiger partial charge in [0.1, 0.15) is 18.4 Å². The van der Waals surface area contributed by atoms with E-state index in [0.29, 0.717) is 30.6 Å². The molecule has 1 aromatic rings. The number of anilines is 1. The van der Waals surface area contributed by atoms with Crippen molar-refractivity contribution in [3.63, 3.8) is 0 Å². The molecule has 0 aliphatic carbocycles. The van der Waals surface area contributed by atoms with E-state index in [1.165, 1.54) is 12.1 Å². The number of phenolic OH excluding ortho intramolecular Hbond substituents is 1. The average molecular weight is 591 g/mol. The Kier molecular flexibility index (Phi) is 21.0. The van der Waals surface area contributed by atoms with E-state index >= 15 is 0 Å². The lowest BCUT2D eigenvalue weighted by Gasteiger charge is -2.20. The van der Waals surface area contributed by atoms with Gasteiger partial charge in [0.2, 0.25) is 11.8 Å². The third-order valence-electron chi connectivity index (χ3n) is 6.15. The van der Waals surface area contributed by atoms with Crippen LogP contribution in [0.2, 0.25) is 0 Å². The first-order chi connectivity index (χ1) is 20.9. The molecule has 0 spiro atoms. The number of aromatic hydroxyl groups is 1. The maximum absolute atomic E-state index is 12.9. The number of hydrogen-bond donors (Lipinski definition) is 3. The van der Waals surface area contributed by atoms with Crippen LogP contribution in [0.5, 0.6) is 5.75 Å². The van der Waals surface area contributed by atoms with Crippen LogP contribution in [-0.2, 0) is 25.7 Å². The van der Waals surface area contributed by atoms with Crippen LogP contribution in [0, 0.1) is 5.92 Å². The van der Waals surface area contributed by atoms with E-state index in [1.807, 2.05) is 26.0 Å². The van der Waals surface area contributed by atoms with Gasteiger partial charge >= 0.3 is 0 Å². The molecule has 234 valence electrons. The van der Waals surface area contributed by atoms with Crippen molar-refractivity contribution in [2.75, 3.05) is 5.32 Å². The summed E-state index contributed by atoms with van der Waals surface area (Å²) in [5.41, 5.74) is 0.805. The summed E-state index contributed by atoms with van der Waals surface area (Å²) in [4.78, 5) is 36.0. The van der Waals surface area contributed by atoms with Crippen LogP contribution in [0.4, 0.5) is 5.69 Å². The molecule has 0 bridgehead atoms. The summed E-state index contributed by atoms with van der Waals surface area (Å²) in [5, 5.41) is 15.5. The van der Waals surface area contributed by atoms with Gasteiger partial charge in [-0.05, 0) is 75.5 Å². The predicted octanol–water partition coefficient (Wildman–Crippen LogP) is 8.01. The van der Waals surface area contributed by atoms with Crippen molar-refractivity contribution < 1.29 is 24.2 Å². The van der Waals surface area contributed by atoms with Crippen LogP contribution in [0.25, 0.3) is 0 Å². The van der Waals surface area contributed by atoms with Crippen molar-refractivity contribution in [2.45, 2.75) is 91.2 Å². The van der Waals surface area contributed by atoms with Crippen LogP contribution < -0.4 is 10.6 Å². The number of phenols is 1. The maximum Gasteiger partial charge on any atom is 0.293 e. The summed E-state index contributed by atoms with van der Waals surface area (Å²) < 4.78 is 4.70. The first-order valence-electron chi connectivity index (χ1n) is 15.2. The fourth-order valence-electron chi connectivity index (χ4n) is 3.96. The molecular formula is C36H50N2O5. The van der Waals surface area contributed by atoms with E-state index in [1.54, 1.807) is 6.07 Å². The van der Waals surface area contributed by atoms with Crippen molar-refractivity contribution >= 4 is 24.0 Å². The molecule has 0 saturated carbocycles. The number of rotatable bonds is 22. The summed E-state index contributed by atoms with van der Waals surface area (Å²) in [5.74, 6) is -0.382. The average Bonchev–Trinajstić information content (AvgIpc) is 2.98. The quantitative estimate of drug-likeness (QED) is 0.0721. The van der Waals surface area contributed by atoms with Gasteiger partial charge in [-0.25, -0.2) is 0 Å². The lowest BCUT2D eigenvalue weighted by atomic mass is 10.0. The highest BCUT2D eigenvalue weighted by Crippen LogP contribution is 2.22. The number of carbonyl (C=O) groups is 3. The molecule has 0 fully saturated rings. The molecule has 3 N–H and O–H groups in total. The van der Waals surface area contributed by atoms with E-state index in [9.17, 15) is 19.5 Å². The van der Waals surface area contributed by atoms with Gasteiger partial charge in [-0.3, -0.25) is 14.4 Å². The zero-order valence-electron chi connectivity index (χ0n) is 26.0. The monoisotopic (exact) mass is 590 g/mol. The number of nitrogens with one attached hydrogen (secondary N) is 2. The Morgan fingerprint density at radius 2 is 1.37 bits per heavy atom. The Morgan fingerprint density at radius 3 is 1.88 bits per heavy atom. The fraction of sp³-hybridized carbons (Fsp3) is 0.417. The van der Waals surface area contributed by atoms with Gasteiger partial charge in [0, 0.05) is 17.7 Å². The first-order valence-corrected chi connectivity index (χ1v) is 15.2. The Bertz CT molecular complexity index is 1130. The Hall–Kier alpha value is -4.13. The molecule has 43 heavy (non-hydrogen) atoms. The topological polar surface area (TPSA) is 105 Å². The summed E-state index contributed by atoms with van der Waals surface area (Å²) >= 11 is 0. The summed E-state index contributed by atoms with van der Waals surface area (Å²) in [6, 6.07) is 3.81. The van der Waals surface area contributed by atoms with Gasteiger partial charge in [-0.1, -0.05) is 93.7 Å². The molecule has 7 heteroatoms. The second-order valence-corrected chi connectivity index (χ2v) is 10.4. The molecule has 0 radical (unpaired) electrons. The van der Waals surface area contributed by atoms with Gasteiger partial charge in [0.15, 0.2) is 0 Å². The van der Waals surface area contributed by atoms with Crippen molar-refractivity contribution in [2.24, 2.45) is 5.92 Å². The normalized spacial score (nSPS) is 12.9. The van der Waals surface area contributed by atoms with E-state index < -0.39 is 6.04 Å². The molecule has 0 aromatic heterocycles. The van der Waals surface area contributed by atoms with Crippen LogP contribution >= 0.6 is 0 Å². The van der Waals surface area contributed by atoms with E-state index in [4.69, 9.17) is 4.74 Å². The van der Waals surface area contributed by atoms with E-state index in [2.05, 4.69) is 78.3 Å². The number of carbonyl (C=O) groups excluding carboxylic acids is 3. The molecule has 7 nitrogen and oxygen atoms in total. The molecule has 2 amide bonds. The lowest BCUT2D eigenvalue weighted by Crippen LogP contribution is -2.44. The minimum atomic E-state index is -0.693. The molecule has 0 aliphatic heterocycles. The van der Waals surface area contributed by atoms with Crippen LogP contribution in [-0.4, -0.2) is 29.4 Å². The molecule has 0 aliphatic rings. The van der Waals surface area contributed by atoms with Crippen molar-refractivity contribution in [1.82, 2.24) is 5.32 Å². The van der Waals surface area contributed by atoms with E-state index in [0.717, 1.165) is 38.5 Å². The number of hydrogen-bond acceptors (Lipinski definition) is 5. The second kappa shape index (κ2) is 24.5. The second-order valence-electron chi connectivity index (χ2n) is 10.4. The highest BCUT2D eigenvalue weighted by Gasteiger charge is 2.22. The standard InChI is InChI=1S/C36H50N2O5/c1-4-5-6-7-8-9-10-11-12-13-14-15-16-17-18-19-20-21-22-23-35(41)38-33(26-30(2)3)36(42)37-32-24-25-34(40)31(27-32)28-43-29-39/h5-6,8-9,11-12,14-15,17-18,20-21,24-25,27,29-30,33,40H,4,7,10,13,16,19,22-23,26,28H2,1-3H3,(H,37,42)(H,38,41)/b6-5-,9-8-,12-11-,15-14-,18-17-,21-20-. The van der Waals surface area contributed by atoms with Gasteiger partial charge in [0.25, 0.3) is 6.47 Å². The molecule has 1 rings (SSSR count). The predicted molar refractivity (Wildman–Crippen MR) is 176 cm³/mol. The van der Waals surface area contributed by atoms with E-state index in [-0.39, 0.29) is 36.5 Å². The third-order valence-corrected chi connectivity index (χ3v) is 6.15. The Labute approximate surface area is 258 Å². The van der Waals surface area contributed by atoms with Crippen molar-refractivity contribution in [3.8, 4) is 5.75 Å². The maximum atomic E-state index is 12.9. The zero-order valence-corrected chi connectivity index (χ0v) is 26.0. The number of allylic oxidation sites excluding steroid dienone is 12. The van der Waals surface area contributed by atoms with Gasteiger partial charge in [-0.15, -0.1) is 0 Å². The molecule has 1 unspecified atom stereocenters. The summed E-state index contributed by atoms with van der Waals surface area (Å²) in [6.45, 7) is 6.29. The summed E-state index contributed by atoms with van der Waals surface area (Å²) in [6.07, 6.45) is 32.8. The largest absolute Gasteiger partial charge is 0.508 e. The van der Waals surface area contributed by atoms with Crippen molar-refractivity contribution in [1.29, 1.82) is 0 Å². The number of amides is 2. The molecule has 0 saturated heterocycles. The highest BCUT2D eigenvalue weighted by molar-refractivity contribution is 5.97. The minimum absolute atomic E-state index is 0.0405. The number of benzene rings is 1. The zero-order chi connectivity index (χ0) is 31.5. The SMILES string of the molecule is CC/C=C\C/C=C\C/C=C\C/C=C\C/C=C\C/C=C\CCC(=O)NC(CC(C)C)C(=O)Nc1ccc(O)c(COC=O)c1. The molecular weight excluding hydrogens is 540 g/mol. The van der Waals surface area contributed by atoms with Crippen LogP contribution in [0.3, 0.4) is 0 Å². The van der Waals surface area contributed by atoms with Crippen LogP contribution in [0.15, 0.2) is 91.1 Å². The highest BCUT2D eigenvalue weighted by atomic mass is 16.5. The third kappa shape index (κ3) is 19.6. The Balaban J connectivity index is 2.34. The van der Waals surface area contributed by atoms with Gasteiger partial charge < -0.3 is 20.5 Å².